The molecule has 0 aromatic heterocycles. The van der Waals surface area contributed by atoms with E-state index in [4.69, 9.17) is 9.47 Å². The first kappa shape index (κ1) is 20.0. The van der Waals surface area contributed by atoms with E-state index in [9.17, 15) is 9.59 Å². The number of likely N-dealkylation sites (tertiary alicyclic amines) is 1. The number of amides is 2. The Morgan fingerprint density at radius 2 is 1.92 bits per heavy atom. The normalized spacial score (nSPS) is 22.6. The van der Waals surface area contributed by atoms with Crippen molar-refractivity contribution in [3.05, 3.63) is 0 Å². The lowest BCUT2D eigenvalue weighted by atomic mass is 10.1. The number of carbonyl (C=O) groups is 2. The van der Waals surface area contributed by atoms with Crippen molar-refractivity contribution < 1.29 is 19.1 Å². The highest BCUT2D eigenvalue weighted by molar-refractivity contribution is 5.82. The molecule has 144 valence electrons. The van der Waals surface area contributed by atoms with Gasteiger partial charge < -0.3 is 19.7 Å². The SMILES string of the molecule is CN1CCC(NC(=O)CN(CC2CCCO2)C(=O)OC(C)(C)C)CC1. The molecule has 7 nitrogen and oxygen atoms in total. The molecular formula is C18H33N3O4. The van der Waals surface area contributed by atoms with Gasteiger partial charge in [-0.25, -0.2) is 4.79 Å². The zero-order chi connectivity index (χ0) is 18.4. The number of hydrogen-bond donors (Lipinski definition) is 1. The van der Waals surface area contributed by atoms with Gasteiger partial charge >= 0.3 is 6.09 Å². The van der Waals surface area contributed by atoms with E-state index in [-0.39, 0.29) is 24.6 Å². The summed E-state index contributed by atoms with van der Waals surface area (Å²) in [6.45, 7) is 8.58. The van der Waals surface area contributed by atoms with Crippen LogP contribution in [-0.2, 0) is 14.3 Å². The Labute approximate surface area is 151 Å². The monoisotopic (exact) mass is 355 g/mol. The van der Waals surface area contributed by atoms with E-state index in [1.54, 1.807) is 0 Å². The lowest BCUT2D eigenvalue weighted by Crippen LogP contribution is -2.49. The summed E-state index contributed by atoms with van der Waals surface area (Å²) in [5, 5.41) is 3.06. The Balaban J connectivity index is 1.89. The summed E-state index contributed by atoms with van der Waals surface area (Å²) >= 11 is 0. The van der Waals surface area contributed by atoms with Gasteiger partial charge in [0.15, 0.2) is 0 Å². The molecule has 0 bridgehead atoms. The third-order valence-electron chi connectivity index (χ3n) is 4.52. The topological polar surface area (TPSA) is 71.1 Å². The van der Waals surface area contributed by atoms with Gasteiger partial charge in [-0.1, -0.05) is 0 Å². The molecule has 1 N–H and O–H groups in total. The number of carbonyl (C=O) groups excluding carboxylic acids is 2. The van der Waals surface area contributed by atoms with Gasteiger partial charge in [-0.15, -0.1) is 0 Å². The van der Waals surface area contributed by atoms with Crippen LogP contribution in [0.5, 0.6) is 0 Å². The summed E-state index contributed by atoms with van der Waals surface area (Å²) in [7, 11) is 2.09. The number of nitrogens with one attached hydrogen (secondary N) is 1. The molecule has 2 heterocycles. The van der Waals surface area contributed by atoms with Crippen molar-refractivity contribution in [2.24, 2.45) is 0 Å². The maximum atomic E-state index is 12.5. The van der Waals surface area contributed by atoms with Gasteiger partial charge in [0, 0.05) is 12.6 Å². The number of piperidine rings is 1. The Bertz CT molecular complexity index is 450. The second-order valence-electron chi connectivity index (χ2n) is 8.14. The minimum atomic E-state index is -0.587. The predicted molar refractivity (Wildman–Crippen MR) is 95.4 cm³/mol. The molecule has 0 saturated carbocycles. The van der Waals surface area contributed by atoms with Crippen LogP contribution in [0.1, 0.15) is 46.5 Å². The number of hydrogen-bond acceptors (Lipinski definition) is 5. The molecule has 2 saturated heterocycles. The van der Waals surface area contributed by atoms with Gasteiger partial charge in [0.1, 0.15) is 12.1 Å². The van der Waals surface area contributed by atoms with Crippen LogP contribution in [0.25, 0.3) is 0 Å². The van der Waals surface area contributed by atoms with Crippen molar-refractivity contribution >= 4 is 12.0 Å². The third kappa shape index (κ3) is 7.20. The molecule has 1 unspecified atom stereocenters. The molecule has 0 spiro atoms. The fourth-order valence-electron chi connectivity index (χ4n) is 3.16. The molecule has 0 radical (unpaired) electrons. The molecule has 1 atom stereocenters. The average Bonchev–Trinajstić information content (AvgIpc) is 3.00. The van der Waals surface area contributed by atoms with Crippen LogP contribution in [0, 0.1) is 0 Å². The van der Waals surface area contributed by atoms with E-state index in [2.05, 4.69) is 17.3 Å². The van der Waals surface area contributed by atoms with Crippen LogP contribution in [-0.4, -0.2) is 79.4 Å². The van der Waals surface area contributed by atoms with Crippen molar-refractivity contribution in [1.82, 2.24) is 15.1 Å². The highest BCUT2D eigenvalue weighted by atomic mass is 16.6. The van der Waals surface area contributed by atoms with E-state index in [1.807, 2.05) is 20.8 Å². The number of ether oxygens (including phenoxy) is 2. The van der Waals surface area contributed by atoms with Crippen molar-refractivity contribution in [2.45, 2.75) is 64.2 Å². The summed E-state index contributed by atoms with van der Waals surface area (Å²) in [5.41, 5.74) is -0.587. The summed E-state index contributed by atoms with van der Waals surface area (Å²) in [5.74, 6) is -0.126. The van der Waals surface area contributed by atoms with Crippen LogP contribution < -0.4 is 5.32 Å². The summed E-state index contributed by atoms with van der Waals surface area (Å²) in [4.78, 5) is 28.6. The fourth-order valence-corrected chi connectivity index (χ4v) is 3.16. The largest absolute Gasteiger partial charge is 0.444 e. The van der Waals surface area contributed by atoms with Crippen LogP contribution in [0.3, 0.4) is 0 Å². The molecule has 2 fully saturated rings. The minimum absolute atomic E-state index is 0.0105. The number of rotatable bonds is 5. The molecule has 0 aromatic carbocycles. The van der Waals surface area contributed by atoms with Crippen molar-refractivity contribution in [2.75, 3.05) is 39.8 Å². The summed E-state index contributed by atoms with van der Waals surface area (Å²) in [6, 6.07) is 0.187. The maximum Gasteiger partial charge on any atom is 0.410 e. The molecular weight excluding hydrogens is 322 g/mol. The van der Waals surface area contributed by atoms with Gasteiger partial charge in [0.05, 0.1) is 12.6 Å². The van der Waals surface area contributed by atoms with Gasteiger partial charge in [0.2, 0.25) is 5.91 Å². The molecule has 25 heavy (non-hydrogen) atoms. The zero-order valence-electron chi connectivity index (χ0n) is 16.0. The van der Waals surface area contributed by atoms with E-state index in [0.29, 0.717) is 13.2 Å². The van der Waals surface area contributed by atoms with Crippen LogP contribution in [0.4, 0.5) is 4.79 Å². The summed E-state index contributed by atoms with van der Waals surface area (Å²) in [6.07, 6.45) is 3.33. The zero-order valence-corrected chi connectivity index (χ0v) is 16.0. The first-order valence-corrected chi connectivity index (χ1v) is 9.30. The first-order valence-electron chi connectivity index (χ1n) is 9.30. The van der Waals surface area contributed by atoms with Crippen LogP contribution in [0.2, 0.25) is 0 Å². The Kier molecular flexibility index (Phi) is 7.07. The second kappa shape index (κ2) is 8.85. The fraction of sp³-hybridized carbons (Fsp3) is 0.889. The van der Waals surface area contributed by atoms with Gasteiger partial charge in [-0.05, 0) is 66.6 Å². The number of nitrogens with zero attached hydrogens (tertiary/aromatic N) is 2. The molecule has 7 heteroatoms. The minimum Gasteiger partial charge on any atom is -0.444 e. The quantitative estimate of drug-likeness (QED) is 0.811. The Morgan fingerprint density at radius 3 is 2.48 bits per heavy atom. The smallest absolute Gasteiger partial charge is 0.410 e. The Morgan fingerprint density at radius 1 is 1.24 bits per heavy atom. The standard InChI is InChI=1S/C18H33N3O4/c1-18(2,3)25-17(23)21(12-15-6-5-11-24-15)13-16(22)19-14-7-9-20(4)10-8-14/h14-15H,5-13H2,1-4H3,(H,19,22). The van der Waals surface area contributed by atoms with Crippen molar-refractivity contribution in [3.8, 4) is 0 Å². The van der Waals surface area contributed by atoms with Gasteiger partial charge in [-0.3, -0.25) is 9.69 Å². The molecule has 0 aliphatic carbocycles. The summed E-state index contributed by atoms with van der Waals surface area (Å²) < 4.78 is 11.1. The van der Waals surface area contributed by atoms with Crippen LogP contribution >= 0.6 is 0 Å². The molecule has 2 aliphatic heterocycles. The van der Waals surface area contributed by atoms with E-state index < -0.39 is 11.7 Å². The highest BCUT2D eigenvalue weighted by Gasteiger charge is 2.29. The van der Waals surface area contributed by atoms with Gasteiger partial charge in [0.25, 0.3) is 0 Å². The predicted octanol–water partition coefficient (Wildman–Crippen LogP) is 1.61. The first-order chi connectivity index (χ1) is 11.7. The average molecular weight is 355 g/mol. The van der Waals surface area contributed by atoms with E-state index in [1.165, 1.54) is 4.90 Å². The van der Waals surface area contributed by atoms with Gasteiger partial charge in [-0.2, -0.15) is 0 Å². The van der Waals surface area contributed by atoms with E-state index >= 15 is 0 Å². The second-order valence-corrected chi connectivity index (χ2v) is 8.14. The Hall–Kier alpha value is -1.34. The maximum absolute atomic E-state index is 12.5. The highest BCUT2D eigenvalue weighted by Crippen LogP contribution is 2.16. The molecule has 2 rings (SSSR count). The molecule has 2 amide bonds. The lowest BCUT2D eigenvalue weighted by molar-refractivity contribution is -0.123. The lowest BCUT2D eigenvalue weighted by Gasteiger charge is -2.31. The molecule has 0 aromatic rings. The van der Waals surface area contributed by atoms with Crippen molar-refractivity contribution in [1.29, 1.82) is 0 Å². The third-order valence-corrected chi connectivity index (χ3v) is 4.52. The molecule has 2 aliphatic rings. The van der Waals surface area contributed by atoms with E-state index in [0.717, 1.165) is 38.8 Å². The van der Waals surface area contributed by atoms with Crippen molar-refractivity contribution in [3.63, 3.8) is 0 Å². The van der Waals surface area contributed by atoms with Crippen LogP contribution in [0.15, 0.2) is 0 Å².